The number of fused-ring (bicyclic) bond motifs is 1. The lowest BCUT2D eigenvalue weighted by Gasteiger charge is -2.25. The van der Waals surface area contributed by atoms with Gasteiger partial charge in [-0.15, -0.1) is 0 Å². The van der Waals surface area contributed by atoms with Crippen LogP contribution in [0.3, 0.4) is 0 Å². The molecule has 9 nitrogen and oxygen atoms in total. The number of alkyl halides is 3. The number of anilines is 4. The van der Waals surface area contributed by atoms with Gasteiger partial charge < -0.3 is 21.3 Å². The molecule has 0 saturated carbocycles. The van der Waals surface area contributed by atoms with E-state index in [9.17, 15) is 26.4 Å². The molecule has 1 saturated heterocycles. The van der Waals surface area contributed by atoms with Crippen LogP contribution in [0.2, 0.25) is 0 Å². The Kier molecular flexibility index (Phi) is 5.71. The van der Waals surface area contributed by atoms with Gasteiger partial charge in [0.05, 0.1) is 6.42 Å². The Morgan fingerprint density at radius 2 is 2.06 bits per heavy atom. The number of benzene rings is 1. The molecule has 172 valence electrons. The molecule has 2 aliphatic rings. The van der Waals surface area contributed by atoms with E-state index >= 15 is 0 Å². The van der Waals surface area contributed by atoms with Crippen LogP contribution in [0.4, 0.5) is 36.3 Å². The predicted molar refractivity (Wildman–Crippen MR) is 112 cm³/mol. The first-order valence-corrected chi connectivity index (χ1v) is 11.8. The maximum absolute atomic E-state index is 13.6. The molecule has 1 aromatic carbocycles. The average Bonchev–Trinajstić information content (AvgIpc) is 3.34. The van der Waals surface area contributed by atoms with Gasteiger partial charge in [0.25, 0.3) is 0 Å². The van der Waals surface area contributed by atoms with Crippen molar-refractivity contribution in [3.63, 3.8) is 0 Å². The number of halogens is 3. The SMILES string of the molecule is CS(=O)(=O)[C@@H](Nc1nc(Nc2cccc3c2CC(=O)N3)ncc1C(F)(F)F)C1CCCN1. The Morgan fingerprint density at radius 1 is 1.28 bits per heavy atom. The maximum Gasteiger partial charge on any atom is 0.421 e. The van der Waals surface area contributed by atoms with Crippen LogP contribution in [-0.4, -0.2) is 48.5 Å². The average molecular weight is 470 g/mol. The summed E-state index contributed by atoms with van der Waals surface area (Å²) in [6.45, 7) is 0.576. The van der Waals surface area contributed by atoms with Gasteiger partial charge in [0.1, 0.15) is 16.8 Å². The number of nitrogens with zero attached hydrogens (tertiary/aromatic N) is 2. The van der Waals surface area contributed by atoms with Crippen LogP contribution >= 0.6 is 0 Å². The lowest BCUT2D eigenvalue weighted by atomic mass is 10.1. The Hall–Kier alpha value is -2.93. The number of hydrogen-bond donors (Lipinski definition) is 4. The number of rotatable bonds is 6. The van der Waals surface area contributed by atoms with Crippen molar-refractivity contribution in [1.29, 1.82) is 0 Å². The molecule has 32 heavy (non-hydrogen) atoms. The van der Waals surface area contributed by atoms with E-state index in [1.54, 1.807) is 18.2 Å². The van der Waals surface area contributed by atoms with E-state index in [1.807, 2.05) is 0 Å². The quantitative estimate of drug-likeness (QED) is 0.507. The smallest absolute Gasteiger partial charge is 0.352 e. The highest BCUT2D eigenvalue weighted by atomic mass is 32.2. The van der Waals surface area contributed by atoms with Crippen LogP contribution in [0.5, 0.6) is 0 Å². The van der Waals surface area contributed by atoms with Crippen LogP contribution < -0.4 is 21.3 Å². The summed E-state index contributed by atoms with van der Waals surface area (Å²) in [4.78, 5) is 19.4. The summed E-state index contributed by atoms with van der Waals surface area (Å²) in [5.74, 6) is -1.01. The van der Waals surface area contributed by atoms with E-state index in [0.717, 1.165) is 6.26 Å². The second-order valence-corrected chi connectivity index (χ2v) is 9.90. The summed E-state index contributed by atoms with van der Waals surface area (Å²) in [5.41, 5.74) is 0.517. The highest BCUT2D eigenvalue weighted by molar-refractivity contribution is 7.91. The molecule has 1 amide bonds. The lowest BCUT2D eigenvalue weighted by Crippen LogP contribution is -2.45. The van der Waals surface area contributed by atoms with Gasteiger partial charge in [-0.3, -0.25) is 4.79 Å². The molecule has 1 aromatic heterocycles. The molecule has 4 rings (SSSR count). The minimum atomic E-state index is -4.80. The van der Waals surface area contributed by atoms with Gasteiger partial charge >= 0.3 is 6.18 Å². The lowest BCUT2D eigenvalue weighted by molar-refractivity contribution is -0.137. The fourth-order valence-electron chi connectivity index (χ4n) is 3.86. The summed E-state index contributed by atoms with van der Waals surface area (Å²) < 4.78 is 65.5. The van der Waals surface area contributed by atoms with Gasteiger partial charge in [-0.25, -0.2) is 13.4 Å². The number of amides is 1. The van der Waals surface area contributed by atoms with Crippen molar-refractivity contribution in [1.82, 2.24) is 15.3 Å². The second-order valence-electron chi connectivity index (χ2n) is 7.73. The van der Waals surface area contributed by atoms with E-state index in [2.05, 4.69) is 31.2 Å². The molecule has 0 radical (unpaired) electrons. The van der Waals surface area contributed by atoms with Crippen LogP contribution in [0, 0.1) is 0 Å². The van der Waals surface area contributed by atoms with Crippen molar-refractivity contribution < 1.29 is 26.4 Å². The minimum Gasteiger partial charge on any atom is -0.352 e. The maximum atomic E-state index is 13.6. The van der Waals surface area contributed by atoms with Crippen molar-refractivity contribution in [3.05, 3.63) is 35.5 Å². The Balaban J connectivity index is 1.69. The van der Waals surface area contributed by atoms with Crippen LogP contribution in [-0.2, 0) is 27.2 Å². The fraction of sp³-hybridized carbons (Fsp3) is 0.421. The third-order valence-electron chi connectivity index (χ3n) is 5.33. The van der Waals surface area contributed by atoms with Gasteiger partial charge in [0, 0.05) is 35.4 Å². The molecule has 0 aliphatic carbocycles. The van der Waals surface area contributed by atoms with Gasteiger partial charge in [-0.2, -0.15) is 18.2 Å². The van der Waals surface area contributed by atoms with Crippen molar-refractivity contribution in [2.75, 3.05) is 28.8 Å². The van der Waals surface area contributed by atoms with Gasteiger partial charge in [0.15, 0.2) is 9.84 Å². The molecule has 0 spiro atoms. The van der Waals surface area contributed by atoms with Crippen molar-refractivity contribution in [2.45, 2.75) is 36.9 Å². The molecule has 2 aromatic rings. The molecule has 2 atom stereocenters. The molecule has 2 aliphatic heterocycles. The second kappa shape index (κ2) is 8.20. The largest absolute Gasteiger partial charge is 0.421 e. The Morgan fingerprint density at radius 3 is 2.72 bits per heavy atom. The first kappa shape index (κ1) is 22.3. The van der Waals surface area contributed by atoms with Gasteiger partial charge in [0.2, 0.25) is 11.9 Å². The third kappa shape index (κ3) is 4.63. The van der Waals surface area contributed by atoms with Crippen molar-refractivity contribution in [2.24, 2.45) is 0 Å². The summed E-state index contributed by atoms with van der Waals surface area (Å²) in [5, 5.41) is 9.73. The van der Waals surface area contributed by atoms with E-state index in [4.69, 9.17) is 0 Å². The normalized spacial score (nSPS) is 19.4. The molecular formula is C19H21F3N6O3S. The Bertz CT molecular complexity index is 1150. The molecule has 1 fully saturated rings. The predicted octanol–water partition coefficient (Wildman–Crippen LogP) is 2.27. The number of carbonyl (C=O) groups excluding carboxylic acids is 1. The van der Waals surface area contributed by atoms with E-state index in [-0.39, 0.29) is 18.3 Å². The number of carbonyl (C=O) groups is 1. The van der Waals surface area contributed by atoms with Crippen LogP contribution in [0.15, 0.2) is 24.4 Å². The zero-order chi connectivity index (χ0) is 23.1. The molecule has 4 N–H and O–H groups in total. The third-order valence-corrected chi connectivity index (χ3v) is 6.70. The minimum absolute atomic E-state index is 0.105. The first-order valence-electron chi connectivity index (χ1n) is 9.84. The van der Waals surface area contributed by atoms with Crippen LogP contribution in [0.1, 0.15) is 24.0 Å². The zero-order valence-corrected chi connectivity index (χ0v) is 17.8. The van der Waals surface area contributed by atoms with Crippen LogP contribution in [0.25, 0.3) is 0 Å². The highest BCUT2D eigenvalue weighted by Crippen LogP contribution is 2.36. The fourth-order valence-corrected chi connectivity index (χ4v) is 5.01. The topological polar surface area (TPSA) is 125 Å². The number of sulfone groups is 1. The number of aromatic nitrogens is 2. The first-order chi connectivity index (χ1) is 15.0. The van der Waals surface area contributed by atoms with Gasteiger partial charge in [-0.1, -0.05) is 6.07 Å². The van der Waals surface area contributed by atoms with Crippen molar-refractivity contribution in [3.8, 4) is 0 Å². The highest BCUT2D eigenvalue weighted by Gasteiger charge is 2.39. The number of nitrogens with one attached hydrogen (secondary N) is 4. The molecule has 13 heteroatoms. The molecule has 3 heterocycles. The monoisotopic (exact) mass is 470 g/mol. The van der Waals surface area contributed by atoms with E-state index in [1.165, 1.54) is 0 Å². The zero-order valence-electron chi connectivity index (χ0n) is 17.0. The van der Waals surface area contributed by atoms with E-state index in [0.29, 0.717) is 42.5 Å². The molecule has 1 unspecified atom stereocenters. The summed E-state index contributed by atoms with van der Waals surface area (Å²) in [6.07, 6.45) is -1.91. The number of hydrogen-bond acceptors (Lipinski definition) is 8. The Labute approximate surface area is 182 Å². The standard InChI is InChI=1S/C19H21F3N6O3S/c1-32(30,31)17(14-6-3-7-23-14)27-16-11(19(20,21)22)9-24-18(28-16)26-13-5-2-4-12-10(13)8-15(29)25-12/h2,4-5,9,14,17,23H,3,6-8H2,1H3,(H,25,29)(H2,24,26,27,28)/t14?,17-/m1/s1. The summed E-state index contributed by atoms with van der Waals surface area (Å²) >= 11 is 0. The van der Waals surface area contributed by atoms with E-state index < -0.39 is 38.8 Å². The molecule has 0 bridgehead atoms. The summed E-state index contributed by atoms with van der Waals surface area (Å²) in [7, 11) is -3.76. The van der Waals surface area contributed by atoms with Crippen molar-refractivity contribution >= 4 is 38.9 Å². The van der Waals surface area contributed by atoms with Gasteiger partial charge in [-0.05, 0) is 31.5 Å². The molecular weight excluding hydrogens is 449 g/mol. The summed E-state index contributed by atoms with van der Waals surface area (Å²) in [6, 6.07) is 4.47.